The fourth-order valence-corrected chi connectivity index (χ4v) is 2.82. The van der Waals surface area contributed by atoms with Crippen LogP contribution in [0.5, 0.6) is 0 Å². The van der Waals surface area contributed by atoms with Crippen molar-refractivity contribution in [2.24, 2.45) is 0 Å². The number of thiophene rings is 1. The van der Waals surface area contributed by atoms with Gasteiger partial charge in [-0.2, -0.15) is 5.10 Å². The van der Waals surface area contributed by atoms with Gasteiger partial charge in [0, 0.05) is 23.8 Å². The minimum Gasteiger partial charge on any atom is -0.338 e. The molecule has 3 aromatic rings. The van der Waals surface area contributed by atoms with Crippen molar-refractivity contribution in [1.29, 1.82) is 0 Å². The number of benzene rings is 1. The highest BCUT2D eigenvalue weighted by Gasteiger charge is 2.07. The van der Waals surface area contributed by atoms with Crippen LogP contribution in [-0.4, -0.2) is 22.4 Å². The molecule has 2 aromatic heterocycles. The normalized spacial score (nSPS) is 10.4. The van der Waals surface area contributed by atoms with E-state index in [1.165, 1.54) is 4.88 Å². The van der Waals surface area contributed by atoms with Gasteiger partial charge in [-0.1, -0.05) is 18.2 Å². The number of hydrogen-bond donors (Lipinski definition) is 2. The van der Waals surface area contributed by atoms with Gasteiger partial charge in [-0.25, -0.2) is 9.48 Å². The Labute approximate surface area is 132 Å². The van der Waals surface area contributed by atoms with Gasteiger partial charge < -0.3 is 10.6 Å². The molecule has 2 amide bonds. The summed E-state index contributed by atoms with van der Waals surface area (Å²) in [7, 11) is 0. The van der Waals surface area contributed by atoms with E-state index in [0.717, 1.165) is 17.8 Å². The molecule has 0 spiro atoms. The van der Waals surface area contributed by atoms with Gasteiger partial charge in [0.25, 0.3) is 0 Å². The number of aromatic nitrogens is 2. The predicted octanol–water partition coefficient (Wildman–Crippen LogP) is 3.30. The topological polar surface area (TPSA) is 59.0 Å². The molecule has 0 aliphatic heterocycles. The summed E-state index contributed by atoms with van der Waals surface area (Å²) in [5.41, 5.74) is 1.56. The van der Waals surface area contributed by atoms with Crippen molar-refractivity contribution in [2.75, 3.05) is 11.9 Å². The zero-order valence-electron chi connectivity index (χ0n) is 11.9. The van der Waals surface area contributed by atoms with E-state index in [-0.39, 0.29) is 6.03 Å². The highest BCUT2D eigenvalue weighted by atomic mass is 32.1. The number of hydrogen-bond acceptors (Lipinski definition) is 3. The number of anilines is 1. The zero-order chi connectivity index (χ0) is 15.2. The van der Waals surface area contributed by atoms with Crippen molar-refractivity contribution in [3.8, 4) is 5.69 Å². The Kier molecular flexibility index (Phi) is 4.50. The number of amides is 2. The van der Waals surface area contributed by atoms with Crippen LogP contribution >= 0.6 is 11.3 Å². The molecular weight excluding hydrogens is 296 g/mol. The Morgan fingerprint density at radius 1 is 1.18 bits per heavy atom. The lowest BCUT2D eigenvalue weighted by atomic mass is 10.2. The molecule has 6 heteroatoms. The average molecular weight is 312 g/mol. The van der Waals surface area contributed by atoms with Crippen LogP contribution in [0.4, 0.5) is 10.5 Å². The first-order valence-corrected chi connectivity index (χ1v) is 7.87. The monoisotopic (exact) mass is 312 g/mol. The molecular formula is C16H16N4OS. The molecule has 3 rings (SSSR count). The summed E-state index contributed by atoms with van der Waals surface area (Å²) in [5.74, 6) is 0. The Balaban J connectivity index is 1.60. The van der Waals surface area contributed by atoms with Gasteiger partial charge in [0.05, 0.1) is 11.4 Å². The van der Waals surface area contributed by atoms with Crippen molar-refractivity contribution in [3.05, 3.63) is 65.1 Å². The van der Waals surface area contributed by atoms with Crippen LogP contribution in [0.1, 0.15) is 4.88 Å². The van der Waals surface area contributed by atoms with Crippen LogP contribution in [0.25, 0.3) is 5.69 Å². The molecule has 2 N–H and O–H groups in total. The Bertz CT molecular complexity index is 722. The first-order chi connectivity index (χ1) is 10.8. The fraction of sp³-hybridized carbons (Fsp3) is 0.125. The number of nitrogens with one attached hydrogen (secondary N) is 2. The van der Waals surface area contributed by atoms with E-state index in [4.69, 9.17) is 0 Å². The molecule has 0 saturated heterocycles. The van der Waals surface area contributed by atoms with Crippen molar-refractivity contribution in [3.63, 3.8) is 0 Å². The molecule has 22 heavy (non-hydrogen) atoms. The minimum absolute atomic E-state index is 0.212. The van der Waals surface area contributed by atoms with Crippen LogP contribution < -0.4 is 10.6 Å². The quantitative estimate of drug-likeness (QED) is 0.759. The molecule has 112 valence electrons. The summed E-state index contributed by atoms with van der Waals surface area (Å²) in [6, 6.07) is 13.3. The standard InChI is InChI=1S/C16H16N4OS/c21-16(17-10-8-13-5-3-12-22-13)19-14-6-1-2-7-15(14)20-11-4-9-18-20/h1-7,9,11-12H,8,10H2,(H2,17,19,21). The zero-order valence-corrected chi connectivity index (χ0v) is 12.7. The van der Waals surface area contributed by atoms with E-state index >= 15 is 0 Å². The van der Waals surface area contributed by atoms with Crippen LogP contribution in [0.3, 0.4) is 0 Å². The minimum atomic E-state index is -0.212. The van der Waals surface area contributed by atoms with Crippen LogP contribution in [0, 0.1) is 0 Å². The third-order valence-corrected chi connectivity index (χ3v) is 4.08. The molecule has 0 saturated carbocycles. The third kappa shape index (κ3) is 3.53. The first-order valence-electron chi connectivity index (χ1n) is 6.99. The van der Waals surface area contributed by atoms with E-state index in [1.807, 2.05) is 48.0 Å². The maximum atomic E-state index is 12.0. The molecule has 2 heterocycles. The summed E-state index contributed by atoms with van der Waals surface area (Å²) in [4.78, 5) is 13.3. The molecule has 5 nitrogen and oxygen atoms in total. The lowest BCUT2D eigenvalue weighted by Crippen LogP contribution is -2.30. The van der Waals surface area contributed by atoms with Gasteiger partial charge in [-0.3, -0.25) is 0 Å². The van der Waals surface area contributed by atoms with E-state index in [9.17, 15) is 4.79 Å². The SMILES string of the molecule is O=C(NCCc1cccs1)Nc1ccccc1-n1cccn1. The molecule has 0 radical (unpaired) electrons. The van der Waals surface area contributed by atoms with Gasteiger partial charge in [-0.05, 0) is 36.1 Å². The van der Waals surface area contributed by atoms with Gasteiger partial charge in [-0.15, -0.1) is 11.3 Å². The number of rotatable bonds is 5. The van der Waals surface area contributed by atoms with Crippen molar-refractivity contribution < 1.29 is 4.79 Å². The van der Waals surface area contributed by atoms with Crippen LogP contribution in [0.15, 0.2) is 60.2 Å². The summed E-state index contributed by atoms with van der Waals surface area (Å²) in [6.07, 6.45) is 4.39. The molecule has 0 bridgehead atoms. The molecule has 0 unspecified atom stereocenters. The van der Waals surface area contributed by atoms with Crippen molar-refractivity contribution in [1.82, 2.24) is 15.1 Å². The van der Waals surface area contributed by atoms with E-state index in [2.05, 4.69) is 21.8 Å². The molecule has 0 atom stereocenters. The summed E-state index contributed by atoms with van der Waals surface area (Å²) >= 11 is 1.70. The second kappa shape index (κ2) is 6.91. The lowest BCUT2D eigenvalue weighted by Gasteiger charge is -2.11. The molecule has 0 fully saturated rings. The third-order valence-electron chi connectivity index (χ3n) is 3.14. The van der Waals surface area contributed by atoms with Crippen LogP contribution in [-0.2, 0) is 6.42 Å². The van der Waals surface area contributed by atoms with Gasteiger partial charge >= 0.3 is 6.03 Å². The molecule has 0 aliphatic carbocycles. The Morgan fingerprint density at radius 2 is 2.09 bits per heavy atom. The van der Waals surface area contributed by atoms with Crippen LogP contribution in [0.2, 0.25) is 0 Å². The van der Waals surface area contributed by atoms with Crippen molar-refractivity contribution in [2.45, 2.75) is 6.42 Å². The number of carbonyl (C=O) groups excluding carboxylic acids is 1. The lowest BCUT2D eigenvalue weighted by molar-refractivity contribution is 0.252. The largest absolute Gasteiger partial charge is 0.338 e. The Morgan fingerprint density at radius 3 is 2.86 bits per heavy atom. The molecule has 1 aromatic carbocycles. The maximum Gasteiger partial charge on any atom is 0.319 e. The molecule has 0 aliphatic rings. The average Bonchev–Trinajstić information content (AvgIpc) is 3.21. The second-order valence-corrected chi connectivity index (χ2v) is 5.71. The second-order valence-electron chi connectivity index (χ2n) is 4.68. The highest BCUT2D eigenvalue weighted by molar-refractivity contribution is 7.09. The summed E-state index contributed by atoms with van der Waals surface area (Å²) in [6.45, 7) is 0.607. The summed E-state index contributed by atoms with van der Waals surface area (Å²) < 4.78 is 1.72. The number of carbonyl (C=O) groups is 1. The Hall–Kier alpha value is -2.60. The fourth-order valence-electron chi connectivity index (χ4n) is 2.11. The first kappa shape index (κ1) is 14.3. The highest BCUT2D eigenvalue weighted by Crippen LogP contribution is 2.18. The van der Waals surface area contributed by atoms with Gasteiger partial charge in [0.2, 0.25) is 0 Å². The van der Waals surface area contributed by atoms with Crippen molar-refractivity contribution >= 4 is 23.1 Å². The van der Waals surface area contributed by atoms with Gasteiger partial charge in [0.15, 0.2) is 0 Å². The van der Waals surface area contributed by atoms with E-state index in [1.54, 1.807) is 22.2 Å². The predicted molar refractivity (Wildman–Crippen MR) is 88.6 cm³/mol. The number of para-hydroxylation sites is 2. The van der Waals surface area contributed by atoms with E-state index in [0.29, 0.717) is 6.54 Å². The number of urea groups is 1. The van der Waals surface area contributed by atoms with Gasteiger partial charge in [0.1, 0.15) is 0 Å². The number of nitrogens with zero attached hydrogens (tertiary/aromatic N) is 2. The summed E-state index contributed by atoms with van der Waals surface area (Å²) in [5, 5.41) is 12.0. The van der Waals surface area contributed by atoms with E-state index < -0.39 is 0 Å². The smallest absolute Gasteiger partial charge is 0.319 e. The maximum absolute atomic E-state index is 12.0.